The van der Waals surface area contributed by atoms with Gasteiger partial charge in [-0.15, -0.1) is 0 Å². The molecule has 0 amide bonds. The number of benzene rings is 3. The zero-order valence-electron chi connectivity index (χ0n) is 20.8. The number of para-hydroxylation sites is 2. The Balaban J connectivity index is 1.67. The highest BCUT2D eigenvalue weighted by Crippen LogP contribution is 2.35. The number of hydrogen-bond donors (Lipinski definition) is 1. The van der Waals surface area contributed by atoms with Gasteiger partial charge in [-0.05, 0) is 48.0 Å². The average molecular weight is 578 g/mol. The summed E-state index contributed by atoms with van der Waals surface area (Å²) in [4.78, 5) is 37.7. The summed E-state index contributed by atoms with van der Waals surface area (Å²) in [5.41, 5.74) is 7.27. The van der Waals surface area contributed by atoms with Crippen LogP contribution in [0.4, 0.5) is 11.6 Å². The first-order chi connectivity index (χ1) is 19.3. The second kappa shape index (κ2) is 10.7. The van der Waals surface area contributed by atoms with Gasteiger partial charge in [0, 0.05) is 11.8 Å². The lowest BCUT2D eigenvalue weighted by Crippen LogP contribution is -2.31. The molecule has 2 heterocycles. The summed E-state index contributed by atoms with van der Waals surface area (Å²) >= 11 is 6.19. The zero-order chi connectivity index (χ0) is 28.4. The van der Waals surface area contributed by atoms with Crippen molar-refractivity contribution in [2.24, 2.45) is 0 Å². The second-order valence-electron chi connectivity index (χ2n) is 8.29. The van der Waals surface area contributed by atoms with Crippen molar-refractivity contribution in [3.05, 3.63) is 100 Å². The summed E-state index contributed by atoms with van der Waals surface area (Å²) in [5, 5.41) is 0.268. The maximum absolute atomic E-state index is 13.7. The van der Waals surface area contributed by atoms with Crippen molar-refractivity contribution in [1.82, 2.24) is 14.5 Å². The Kier molecular flexibility index (Phi) is 7.11. The third kappa shape index (κ3) is 4.70. The van der Waals surface area contributed by atoms with Crippen molar-refractivity contribution in [3.63, 3.8) is 0 Å². The number of fused-ring (bicyclic) bond motifs is 1. The lowest BCUT2D eigenvalue weighted by Gasteiger charge is -2.22. The summed E-state index contributed by atoms with van der Waals surface area (Å²) < 4.78 is 34.3. The molecule has 40 heavy (non-hydrogen) atoms. The zero-order valence-corrected chi connectivity index (χ0v) is 22.3. The van der Waals surface area contributed by atoms with E-state index in [1.54, 1.807) is 48.5 Å². The standard InChI is InChI=1S/C27H20ClN5O6S/c1-38-25-24(40(36,37)33(39-16-34)23-10-6-5-9-21(23)28)14-18(15-30-25)17-11-12-22-20(13-17)26(35)32(27(29)31-22)19-7-3-2-4-8-19/h2-16H,1H3,(H2,29,31). The fraction of sp³-hybridized carbons (Fsp3) is 0.0370. The maximum Gasteiger partial charge on any atom is 0.322 e. The molecule has 5 rings (SSSR count). The Hall–Kier alpha value is -4.94. The highest BCUT2D eigenvalue weighted by molar-refractivity contribution is 7.92. The van der Waals surface area contributed by atoms with Crippen molar-refractivity contribution in [2.75, 3.05) is 17.3 Å². The van der Waals surface area contributed by atoms with Crippen LogP contribution in [0.2, 0.25) is 5.02 Å². The van der Waals surface area contributed by atoms with E-state index in [2.05, 4.69) is 9.97 Å². The number of rotatable bonds is 8. The van der Waals surface area contributed by atoms with Crippen LogP contribution in [0.25, 0.3) is 27.7 Å². The van der Waals surface area contributed by atoms with Gasteiger partial charge in [0.05, 0.1) is 28.7 Å². The van der Waals surface area contributed by atoms with E-state index in [-0.39, 0.29) is 34.4 Å². The number of pyridine rings is 1. The number of halogens is 1. The van der Waals surface area contributed by atoms with Crippen LogP contribution in [-0.2, 0) is 19.7 Å². The van der Waals surface area contributed by atoms with Gasteiger partial charge in [0.15, 0.2) is 4.90 Å². The van der Waals surface area contributed by atoms with Gasteiger partial charge in [0.1, 0.15) is 5.69 Å². The lowest BCUT2D eigenvalue weighted by atomic mass is 10.1. The van der Waals surface area contributed by atoms with Gasteiger partial charge < -0.3 is 15.3 Å². The molecule has 0 saturated heterocycles. The van der Waals surface area contributed by atoms with Gasteiger partial charge in [0.25, 0.3) is 5.56 Å². The van der Waals surface area contributed by atoms with Gasteiger partial charge in [0.2, 0.25) is 11.8 Å². The van der Waals surface area contributed by atoms with Crippen LogP contribution in [0.15, 0.2) is 94.7 Å². The Morgan fingerprint density at radius 1 is 1.00 bits per heavy atom. The number of carbonyl (C=O) groups excluding carboxylic acids is 1. The largest absolute Gasteiger partial charge is 0.480 e. The van der Waals surface area contributed by atoms with Crippen LogP contribution < -0.4 is 20.5 Å². The Morgan fingerprint density at radius 3 is 2.42 bits per heavy atom. The first-order valence-electron chi connectivity index (χ1n) is 11.6. The van der Waals surface area contributed by atoms with Crippen LogP contribution in [0.1, 0.15) is 0 Å². The second-order valence-corrected chi connectivity index (χ2v) is 10.4. The number of nitrogens with zero attached hydrogens (tertiary/aromatic N) is 4. The number of aromatic nitrogens is 3. The van der Waals surface area contributed by atoms with Crippen molar-refractivity contribution in [1.29, 1.82) is 0 Å². The molecule has 0 spiro atoms. The molecular weight excluding hydrogens is 558 g/mol. The van der Waals surface area contributed by atoms with Crippen molar-refractivity contribution in [2.45, 2.75) is 4.90 Å². The number of nitrogen functional groups attached to an aromatic ring is 1. The van der Waals surface area contributed by atoms with Crippen molar-refractivity contribution >= 4 is 50.6 Å². The number of anilines is 2. The number of carbonyl (C=O) groups is 1. The Bertz CT molecular complexity index is 1920. The van der Waals surface area contributed by atoms with E-state index in [0.717, 1.165) is 0 Å². The summed E-state index contributed by atoms with van der Waals surface area (Å²) in [7, 11) is -3.35. The summed E-state index contributed by atoms with van der Waals surface area (Å²) in [6.45, 7) is -0.0373. The fourth-order valence-electron chi connectivity index (χ4n) is 4.11. The molecule has 3 aromatic carbocycles. The molecule has 2 aromatic heterocycles. The van der Waals surface area contributed by atoms with Gasteiger partial charge in [-0.3, -0.25) is 9.59 Å². The minimum absolute atomic E-state index is 0.0192. The molecule has 0 fully saturated rings. The minimum Gasteiger partial charge on any atom is -0.480 e. The molecular formula is C27H20ClN5O6S. The molecule has 2 N–H and O–H groups in total. The van der Waals surface area contributed by atoms with Crippen LogP contribution in [0.5, 0.6) is 5.88 Å². The van der Waals surface area contributed by atoms with E-state index in [1.807, 2.05) is 6.07 Å². The first kappa shape index (κ1) is 26.7. The Morgan fingerprint density at radius 2 is 1.73 bits per heavy atom. The third-order valence-electron chi connectivity index (χ3n) is 5.94. The van der Waals surface area contributed by atoms with E-state index < -0.39 is 20.5 Å². The van der Waals surface area contributed by atoms with Crippen molar-refractivity contribution in [3.8, 4) is 22.7 Å². The molecule has 11 nitrogen and oxygen atoms in total. The predicted octanol–water partition coefficient (Wildman–Crippen LogP) is 3.98. The monoisotopic (exact) mass is 577 g/mol. The number of methoxy groups -OCH3 is 1. The van der Waals surface area contributed by atoms with Gasteiger partial charge >= 0.3 is 16.5 Å². The molecule has 202 valence electrons. The molecule has 13 heteroatoms. The highest BCUT2D eigenvalue weighted by Gasteiger charge is 2.33. The third-order valence-corrected chi connectivity index (χ3v) is 7.82. The molecule has 0 radical (unpaired) electrons. The van der Waals surface area contributed by atoms with Gasteiger partial charge in [-0.25, -0.2) is 14.5 Å². The van der Waals surface area contributed by atoms with Crippen LogP contribution in [0.3, 0.4) is 0 Å². The maximum atomic E-state index is 13.7. The Labute approximate surface area is 233 Å². The van der Waals surface area contributed by atoms with E-state index >= 15 is 0 Å². The molecule has 5 aromatic rings. The molecule has 0 unspecified atom stereocenters. The molecule has 0 bridgehead atoms. The summed E-state index contributed by atoms with van der Waals surface area (Å²) in [6, 6.07) is 20.8. The molecule has 0 saturated carbocycles. The number of sulfonamides is 1. The first-order valence-corrected chi connectivity index (χ1v) is 13.4. The molecule has 0 aliphatic rings. The quantitative estimate of drug-likeness (QED) is 0.214. The number of hydrogen-bond acceptors (Lipinski definition) is 9. The highest BCUT2D eigenvalue weighted by atomic mass is 35.5. The number of ether oxygens (including phenoxy) is 1. The number of nitrogens with two attached hydrogens (primary N) is 1. The van der Waals surface area contributed by atoms with Gasteiger partial charge in [-0.2, -0.15) is 8.42 Å². The lowest BCUT2D eigenvalue weighted by molar-refractivity contribution is -0.128. The van der Waals surface area contributed by atoms with E-state index in [1.165, 1.54) is 42.1 Å². The van der Waals surface area contributed by atoms with Gasteiger partial charge in [-0.1, -0.05) is 52.5 Å². The van der Waals surface area contributed by atoms with E-state index in [0.29, 0.717) is 26.8 Å². The summed E-state index contributed by atoms with van der Waals surface area (Å²) in [6.07, 6.45) is 1.39. The van der Waals surface area contributed by atoms with Crippen molar-refractivity contribution < 1.29 is 22.8 Å². The molecule has 0 aliphatic heterocycles. The van der Waals surface area contributed by atoms with E-state index in [9.17, 15) is 18.0 Å². The normalized spacial score (nSPS) is 11.2. The minimum atomic E-state index is -4.60. The topological polar surface area (TPSA) is 147 Å². The van der Waals surface area contributed by atoms with Crippen LogP contribution in [0, 0.1) is 0 Å². The van der Waals surface area contributed by atoms with Crippen LogP contribution >= 0.6 is 11.6 Å². The SMILES string of the molecule is COc1ncc(-c2ccc3nc(N)n(-c4ccccc4)c(=O)c3c2)cc1S(=O)(=O)N(OC=O)c1ccccc1Cl. The average Bonchev–Trinajstić information content (AvgIpc) is 2.96. The fourth-order valence-corrected chi connectivity index (χ4v) is 5.75. The molecule has 0 aliphatic carbocycles. The predicted molar refractivity (Wildman–Crippen MR) is 150 cm³/mol. The van der Waals surface area contributed by atoms with Crippen LogP contribution in [-0.4, -0.2) is 36.5 Å². The van der Waals surface area contributed by atoms with E-state index in [4.69, 9.17) is 26.9 Å². The summed E-state index contributed by atoms with van der Waals surface area (Å²) in [5.74, 6) is -0.234. The smallest absolute Gasteiger partial charge is 0.322 e. The molecule has 0 atom stereocenters.